The normalized spacial score (nSPS) is 25.1. The Kier molecular flexibility index (Phi) is 6.65. The molecule has 4 heteroatoms. The zero-order chi connectivity index (χ0) is 13.5. The number of aliphatic hydroxyl groups excluding tert-OH is 1. The van der Waals surface area contributed by atoms with Crippen molar-refractivity contribution in [2.24, 2.45) is 5.92 Å². The second-order valence-electron chi connectivity index (χ2n) is 5.30. The standard InChI is InChI=1S/C14H28N2O2/c1-4-16(5-2)14(18)7-6-9-15-10-8-13(17)12(3)11-15/h12-13,17H,4-11H2,1-3H3. The van der Waals surface area contributed by atoms with Crippen molar-refractivity contribution < 1.29 is 9.90 Å². The largest absolute Gasteiger partial charge is 0.393 e. The number of aliphatic hydroxyl groups is 1. The second-order valence-corrected chi connectivity index (χ2v) is 5.30. The zero-order valence-electron chi connectivity index (χ0n) is 12.1. The molecule has 0 saturated carbocycles. The van der Waals surface area contributed by atoms with Gasteiger partial charge in [-0.05, 0) is 39.2 Å². The molecule has 106 valence electrons. The fourth-order valence-electron chi connectivity index (χ4n) is 2.61. The SMILES string of the molecule is CCN(CC)C(=O)CCCN1CCC(O)C(C)C1. The van der Waals surface area contributed by atoms with E-state index >= 15 is 0 Å². The van der Waals surface area contributed by atoms with Gasteiger partial charge in [0, 0.05) is 32.6 Å². The molecule has 0 radical (unpaired) electrons. The Morgan fingerprint density at radius 3 is 2.61 bits per heavy atom. The van der Waals surface area contributed by atoms with Gasteiger partial charge in [0.2, 0.25) is 5.91 Å². The monoisotopic (exact) mass is 256 g/mol. The van der Waals surface area contributed by atoms with Crippen molar-refractivity contribution in [2.75, 3.05) is 32.7 Å². The highest BCUT2D eigenvalue weighted by molar-refractivity contribution is 5.76. The Morgan fingerprint density at radius 2 is 2.06 bits per heavy atom. The van der Waals surface area contributed by atoms with Gasteiger partial charge in [-0.3, -0.25) is 4.79 Å². The van der Waals surface area contributed by atoms with E-state index in [-0.39, 0.29) is 12.0 Å². The number of carbonyl (C=O) groups is 1. The number of likely N-dealkylation sites (tertiary alicyclic amines) is 1. The molecule has 0 aromatic heterocycles. The van der Waals surface area contributed by atoms with E-state index in [0.29, 0.717) is 12.3 Å². The van der Waals surface area contributed by atoms with Crippen LogP contribution in [0.15, 0.2) is 0 Å². The Balaban J connectivity index is 2.20. The van der Waals surface area contributed by atoms with Gasteiger partial charge in [0.05, 0.1) is 6.10 Å². The molecule has 2 atom stereocenters. The maximum atomic E-state index is 11.8. The first-order valence-corrected chi connectivity index (χ1v) is 7.26. The highest BCUT2D eigenvalue weighted by Gasteiger charge is 2.23. The molecule has 1 amide bonds. The lowest BCUT2D eigenvalue weighted by molar-refractivity contribution is -0.131. The molecule has 1 aliphatic rings. The van der Waals surface area contributed by atoms with E-state index in [9.17, 15) is 9.90 Å². The van der Waals surface area contributed by atoms with Crippen LogP contribution in [0.5, 0.6) is 0 Å². The molecule has 0 bridgehead atoms. The smallest absolute Gasteiger partial charge is 0.222 e. The third kappa shape index (κ3) is 4.58. The first-order valence-electron chi connectivity index (χ1n) is 7.26. The second kappa shape index (κ2) is 7.74. The van der Waals surface area contributed by atoms with Crippen LogP contribution in [0.1, 0.15) is 40.0 Å². The van der Waals surface area contributed by atoms with Gasteiger partial charge < -0.3 is 14.9 Å². The minimum atomic E-state index is -0.140. The number of amides is 1. The van der Waals surface area contributed by atoms with E-state index in [4.69, 9.17) is 0 Å². The summed E-state index contributed by atoms with van der Waals surface area (Å²) in [4.78, 5) is 16.1. The summed E-state index contributed by atoms with van der Waals surface area (Å²) < 4.78 is 0. The van der Waals surface area contributed by atoms with Crippen LogP contribution in [-0.2, 0) is 4.79 Å². The Hall–Kier alpha value is -0.610. The van der Waals surface area contributed by atoms with Gasteiger partial charge in [-0.2, -0.15) is 0 Å². The van der Waals surface area contributed by atoms with Gasteiger partial charge in [0.25, 0.3) is 0 Å². The average molecular weight is 256 g/mol. The molecule has 1 saturated heterocycles. The fourth-order valence-corrected chi connectivity index (χ4v) is 2.61. The van der Waals surface area contributed by atoms with Crippen LogP contribution in [0.3, 0.4) is 0 Å². The highest BCUT2D eigenvalue weighted by Crippen LogP contribution is 2.16. The summed E-state index contributed by atoms with van der Waals surface area (Å²) in [6.45, 7) is 10.7. The van der Waals surface area contributed by atoms with Gasteiger partial charge in [0.15, 0.2) is 0 Å². The van der Waals surface area contributed by atoms with Gasteiger partial charge in [-0.1, -0.05) is 6.92 Å². The molecule has 4 nitrogen and oxygen atoms in total. The molecule has 1 rings (SSSR count). The molecule has 1 heterocycles. The fraction of sp³-hybridized carbons (Fsp3) is 0.929. The maximum absolute atomic E-state index is 11.8. The maximum Gasteiger partial charge on any atom is 0.222 e. The van der Waals surface area contributed by atoms with Crippen LogP contribution in [-0.4, -0.2) is 59.6 Å². The lowest BCUT2D eigenvalue weighted by Crippen LogP contribution is -2.42. The van der Waals surface area contributed by atoms with Crippen LogP contribution in [0.25, 0.3) is 0 Å². The van der Waals surface area contributed by atoms with E-state index < -0.39 is 0 Å². The summed E-state index contributed by atoms with van der Waals surface area (Å²) >= 11 is 0. The molecule has 0 aromatic carbocycles. The first kappa shape index (κ1) is 15.4. The first-order chi connectivity index (χ1) is 8.58. The van der Waals surface area contributed by atoms with Gasteiger partial charge in [-0.15, -0.1) is 0 Å². The van der Waals surface area contributed by atoms with E-state index in [0.717, 1.165) is 45.6 Å². The lowest BCUT2D eigenvalue weighted by atomic mass is 9.96. The molecule has 0 aliphatic carbocycles. The minimum Gasteiger partial charge on any atom is -0.393 e. The van der Waals surface area contributed by atoms with Crippen LogP contribution in [0.4, 0.5) is 0 Å². The highest BCUT2D eigenvalue weighted by atomic mass is 16.3. The Morgan fingerprint density at radius 1 is 1.39 bits per heavy atom. The quantitative estimate of drug-likeness (QED) is 0.780. The lowest BCUT2D eigenvalue weighted by Gasteiger charge is -2.34. The third-order valence-corrected chi connectivity index (χ3v) is 3.93. The predicted octanol–water partition coefficient (Wildman–Crippen LogP) is 1.34. The van der Waals surface area contributed by atoms with Crippen molar-refractivity contribution in [1.82, 2.24) is 9.80 Å². The number of carbonyl (C=O) groups excluding carboxylic acids is 1. The Labute approximate surface area is 111 Å². The molecule has 1 aliphatic heterocycles. The molecular formula is C14H28N2O2. The van der Waals surface area contributed by atoms with Crippen molar-refractivity contribution >= 4 is 5.91 Å². The number of hydrogen-bond donors (Lipinski definition) is 1. The van der Waals surface area contributed by atoms with E-state index in [1.807, 2.05) is 18.7 Å². The van der Waals surface area contributed by atoms with Crippen LogP contribution >= 0.6 is 0 Å². The molecule has 2 unspecified atom stereocenters. The molecule has 1 fully saturated rings. The molecule has 0 spiro atoms. The summed E-state index contributed by atoms with van der Waals surface area (Å²) in [7, 11) is 0. The molecule has 18 heavy (non-hydrogen) atoms. The summed E-state index contributed by atoms with van der Waals surface area (Å²) in [5.74, 6) is 0.627. The summed E-state index contributed by atoms with van der Waals surface area (Å²) in [6.07, 6.45) is 2.30. The van der Waals surface area contributed by atoms with Crippen molar-refractivity contribution in [3.63, 3.8) is 0 Å². The van der Waals surface area contributed by atoms with Gasteiger partial charge in [-0.25, -0.2) is 0 Å². The zero-order valence-corrected chi connectivity index (χ0v) is 12.1. The van der Waals surface area contributed by atoms with Crippen molar-refractivity contribution in [2.45, 2.75) is 46.1 Å². The Bertz CT molecular complexity index is 254. The topological polar surface area (TPSA) is 43.8 Å². The number of piperidine rings is 1. The van der Waals surface area contributed by atoms with Crippen LogP contribution in [0, 0.1) is 5.92 Å². The molecule has 0 aromatic rings. The van der Waals surface area contributed by atoms with E-state index in [2.05, 4.69) is 11.8 Å². The summed E-state index contributed by atoms with van der Waals surface area (Å²) in [5, 5.41) is 9.66. The van der Waals surface area contributed by atoms with E-state index in [1.54, 1.807) is 0 Å². The third-order valence-electron chi connectivity index (χ3n) is 3.93. The van der Waals surface area contributed by atoms with Gasteiger partial charge in [0.1, 0.15) is 0 Å². The van der Waals surface area contributed by atoms with Gasteiger partial charge >= 0.3 is 0 Å². The number of hydrogen-bond acceptors (Lipinski definition) is 3. The number of nitrogens with zero attached hydrogens (tertiary/aromatic N) is 2. The van der Waals surface area contributed by atoms with Crippen LogP contribution in [0.2, 0.25) is 0 Å². The minimum absolute atomic E-state index is 0.140. The van der Waals surface area contributed by atoms with Crippen LogP contribution < -0.4 is 0 Å². The van der Waals surface area contributed by atoms with Crippen molar-refractivity contribution in [1.29, 1.82) is 0 Å². The summed E-state index contributed by atoms with van der Waals surface area (Å²) in [6, 6.07) is 0. The number of rotatable bonds is 6. The summed E-state index contributed by atoms with van der Waals surface area (Å²) in [5.41, 5.74) is 0. The van der Waals surface area contributed by atoms with E-state index in [1.165, 1.54) is 0 Å². The molecular weight excluding hydrogens is 228 g/mol. The molecule has 1 N–H and O–H groups in total. The predicted molar refractivity (Wildman–Crippen MR) is 73.4 cm³/mol. The van der Waals surface area contributed by atoms with Crippen molar-refractivity contribution in [3.8, 4) is 0 Å². The average Bonchev–Trinajstić information content (AvgIpc) is 2.35. The van der Waals surface area contributed by atoms with Crippen molar-refractivity contribution in [3.05, 3.63) is 0 Å².